The van der Waals surface area contributed by atoms with Crippen LogP contribution in [-0.4, -0.2) is 24.9 Å². The zero-order valence-electron chi connectivity index (χ0n) is 14.6. The molecule has 3 aromatic rings. The van der Waals surface area contributed by atoms with Crippen LogP contribution in [0, 0.1) is 0 Å². The summed E-state index contributed by atoms with van der Waals surface area (Å²) in [6.07, 6.45) is 0. The molecule has 0 saturated heterocycles. The van der Waals surface area contributed by atoms with E-state index in [1.165, 1.54) is 16.3 Å². The van der Waals surface area contributed by atoms with Gasteiger partial charge >= 0.3 is 0 Å². The highest BCUT2D eigenvalue weighted by atomic mass is 16.1. The topological polar surface area (TPSA) is 58.4 Å². The maximum absolute atomic E-state index is 11.5. The standard InChI is InChI=1S/C21H23N3O/c1-24(2)14-19-10-9-18(21(22)25)12-20(19)23-13-15-7-8-16-5-3-4-6-17(16)11-15/h3-12,23H,13-14H2,1-2H3,(H2,22,25). The predicted octanol–water partition coefficient (Wildman–Crippen LogP) is 3.61. The second-order valence-electron chi connectivity index (χ2n) is 6.51. The van der Waals surface area contributed by atoms with Crippen LogP contribution in [0.3, 0.4) is 0 Å². The molecule has 4 heteroatoms. The second kappa shape index (κ2) is 7.36. The van der Waals surface area contributed by atoms with Crippen molar-refractivity contribution in [2.75, 3.05) is 19.4 Å². The van der Waals surface area contributed by atoms with Gasteiger partial charge in [0.15, 0.2) is 0 Å². The molecule has 0 aliphatic rings. The fourth-order valence-electron chi connectivity index (χ4n) is 2.92. The van der Waals surface area contributed by atoms with Gasteiger partial charge in [0.1, 0.15) is 0 Å². The van der Waals surface area contributed by atoms with Gasteiger partial charge in [-0.05, 0) is 54.2 Å². The summed E-state index contributed by atoms with van der Waals surface area (Å²) in [5.41, 5.74) is 9.21. The molecule has 128 valence electrons. The van der Waals surface area contributed by atoms with E-state index in [1.807, 2.05) is 38.4 Å². The van der Waals surface area contributed by atoms with Crippen molar-refractivity contribution in [2.24, 2.45) is 5.73 Å². The molecule has 0 bridgehead atoms. The van der Waals surface area contributed by atoms with Gasteiger partial charge in [-0.3, -0.25) is 4.79 Å². The second-order valence-corrected chi connectivity index (χ2v) is 6.51. The highest BCUT2D eigenvalue weighted by Gasteiger charge is 2.08. The van der Waals surface area contributed by atoms with Gasteiger partial charge in [-0.15, -0.1) is 0 Å². The van der Waals surface area contributed by atoms with Crippen molar-refractivity contribution in [1.29, 1.82) is 0 Å². The Labute approximate surface area is 148 Å². The van der Waals surface area contributed by atoms with Crippen molar-refractivity contribution in [2.45, 2.75) is 13.1 Å². The Morgan fingerprint density at radius 2 is 1.76 bits per heavy atom. The van der Waals surface area contributed by atoms with Crippen molar-refractivity contribution in [1.82, 2.24) is 4.90 Å². The van der Waals surface area contributed by atoms with Gasteiger partial charge in [-0.2, -0.15) is 0 Å². The van der Waals surface area contributed by atoms with E-state index in [9.17, 15) is 4.79 Å². The summed E-state index contributed by atoms with van der Waals surface area (Å²) in [5, 5.41) is 5.92. The molecule has 0 unspecified atom stereocenters. The molecular weight excluding hydrogens is 310 g/mol. The molecule has 25 heavy (non-hydrogen) atoms. The minimum Gasteiger partial charge on any atom is -0.381 e. The molecule has 0 aliphatic heterocycles. The van der Waals surface area contributed by atoms with Gasteiger partial charge in [0.25, 0.3) is 0 Å². The third kappa shape index (κ3) is 4.17. The Hall–Kier alpha value is -2.85. The summed E-state index contributed by atoms with van der Waals surface area (Å²) in [6, 6.07) is 20.3. The van der Waals surface area contributed by atoms with Crippen molar-refractivity contribution >= 4 is 22.4 Å². The number of carbonyl (C=O) groups is 1. The SMILES string of the molecule is CN(C)Cc1ccc(C(N)=O)cc1NCc1ccc2ccccc2c1. The molecule has 3 aromatic carbocycles. The number of benzene rings is 3. The Morgan fingerprint density at radius 3 is 2.48 bits per heavy atom. The Kier molecular flexibility index (Phi) is 5.00. The van der Waals surface area contributed by atoms with Crippen molar-refractivity contribution in [3.8, 4) is 0 Å². The zero-order chi connectivity index (χ0) is 17.8. The number of amides is 1. The average Bonchev–Trinajstić information content (AvgIpc) is 2.60. The maximum Gasteiger partial charge on any atom is 0.248 e. The van der Waals surface area contributed by atoms with Crippen LogP contribution < -0.4 is 11.1 Å². The fraction of sp³-hybridized carbons (Fsp3) is 0.190. The normalized spacial score (nSPS) is 11.0. The average molecular weight is 333 g/mol. The van der Waals surface area contributed by atoms with Gasteiger partial charge in [-0.1, -0.05) is 42.5 Å². The molecule has 0 spiro atoms. The van der Waals surface area contributed by atoms with Crippen LogP contribution in [-0.2, 0) is 13.1 Å². The van der Waals surface area contributed by atoms with Crippen LogP contribution >= 0.6 is 0 Å². The molecule has 4 nitrogen and oxygen atoms in total. The molecule has 0 fully saturated rings. The first-order chi connectivity index (χ1) is 12.0. The lowest BCUT2D eigenvalue weighted by molar-refractivity contribution is 0.100. The minimum absolute atomic E-state index is 0.412. The van der Waals surface area contributed by atoms with E-state index in [1.54, 1.807) is 6.07 Å². The molecule has 0 saturated carbocycles. The van der Waals surface area contributed by atoms with Gasteiger partial charge in [0.05, 0.1) is 0 Å². The Morgan fingerprint density at radius 1 is 1.00 bits per heavy atom. The molecule has 0 radical (unpaired) electrons. The lowest BCUT2D eigenvalue weighted by Gasteiger charge is -2.17. The maximum atomic E-state index is 11.5. The molecular formula is C21H23N3O. The lowest BCUT2D eigenvalue weighted by Crippen LogP contribution is -2.15. The fourth-order valence-corrected chi connectivity index (χ4v) is 2.92. The third-order valence-corrected chi connectivity index (χ3v) is 4.18. The Bertz CT molecular complexity index is 903. The van der Waals surface area contributed by atoms with E-state index >= 15 is 0 Å². The number of carbonyl (C=O) groups excluding carboxylic acids is 1. The van der Waals surface area contributed by atoms with Gasteiger partial charge in [0.2, 0.25) is 5.91 Å². The third-order valence-electron chi connectivity index (χ3n) is 4.18. The predicted molar refractivity (Wildman–Crippen MR) is 104 cm³/mol. The largest absolute Gasteiger partial charge is 0.381 e. The molecule has 0 aromatic heterocycles. The van der Waals surface area contributed by atoms with Gasteiger partial charge in [0, 0.05) is 24.3 Å². The summed E-state index contributed by atoms with van der Waals surface area (Å²) in [5.74, 6) is -0.412. The summed E-state index contributed by atoms with van der Waals surface area (Å²) < 4.78 is 0. The quantitative estimate of drug-likeness (QED) is 0.724. The Balaban J connectivity index is 1.84. The number of anilines is 1. The van der Waals surface area contributed by atoms with Crippen molar-refractivity contribution < 1.29 is 4.79 Å². The van der Waals surface area contributed by atoms with E-state index in [0.717, 1.165) is 17.8 Å². The highest BCUT2D eigenvalue weighted by Crippen LogP contribution is 2.21. The number of rotatable bonds is 6. The molecule has 3 N–H and O–H groups in total. The summed E-state index contributed by atoms with van der Waals surface area (Å²) in [4.78, 5) is 13.6. The van der Waals surface area contributed by atoms with Crippen LogP contribution in [0.4, 0.5) is 5.69 Å². The van der Waals surface area contributed by atoms with Crippen LogP contribution in [0.5, 0.6) is 0 Å². The number of hydrogen-bond donors (Lipinski definition) is 2. The summed E-state index contributed by atoms with van der Waals surface area (Å²) in [7, 11) is 4.05. The number of nitrogens with zero attached hydrogens (tertiary/aromatic N) is 1. The minimum atomic E-state index is -0.412. The molecule has 0 aliphatic carbocycles. The highest BCUT2D eigenvalue weighted by molar-refractivity contribution is 5.94. The monoisotopic (exact) mass is 333 g/mol. The molecule has 1 amide bonds. The van der Waals surface area contributed by atoms with Crippen LogP contribution in [0.1, 0.15) is 21.5 Å². The number of hydrogen-bond acceptors (Lipinski definition) is 3. The number of nitrogens with one attached hydrogen (secondary N) is 1. The first-order valence-corrected chi connectivity index (χ1v) is 8.32. The van der Waals surface area contributed by atoms with E-state index in [2.05, 4.69) is 40.5 Å². The summed E-state index contributed by atoms with van der Waals surface area (Å²) >= 11 is 0. The van der Waals surface area contributed by atoms with E-state index in [0.29, 0.717) is 12.1 Å². The zero-order valence-corrected chi connectivity index (χ0v) is 14.6. The van der Waals surface area contributed by atoms with Crippen molar-refractivity contribution in [3.05, 3.63) is 77.4 Å². The van der Waals surface area contributed by atoms with Crippen LogP contribution in [0.25, 0.3) is 10.8 Å². The first-order valence-electron chi connectivity index (χ1n) is 8.32. The molecule has 0 heterocycles. The van der Waals surface area contributed by atoms with Crippen LogP contribution in [0.2, 0.25) is 0 Å². The van der Waals surface area contributed by atoms with Gasteiger partial charge in [-0.25, -0.2) is 0 Å². The smallest absolute Gasteiger partial charge is 0.248 e. The number of primary amides is 1. The molecule has 3 rings (SSSR count). The first kappa shape index (κ1) is 17.0. The summed E-state index contributed by atoms with van der Waals surface area (Å²) in [6.45, 7) is 1.48. The lowest BCUT2D eigenvalue weighted by atomic mass is 10.1. The van der Waals surface area contributed by atoms with E-state index in [-0.39, 0.29) is 0 Å². The number of fused-ring (bicyclic) bond motifs is 1. The van der Waals surface area contributed by atoms with Gasteiger partial charge < -0.3 is 16.0 Å². The van der Waals surface area contributed by atoms with E-state index < -0.39 is 5.91 Å². The molecule has 0 atom stereocenters. The number of nitrogens with two attached hydrogens (primary N) is 1. The van der Waals surface area contributed by atoms with Crippen molar-refractivity contribution in [3.63, 3.8) is 0 Å². The van der Waals surface area contributed by atoms with E-state index in [4.69, 9.17) is 5.73 Å². The van der Waals surface area contributed by atoms with Crippen LogP contribution in [0.15, 0.2) is 60.7 Å².